The van der Waals surface area contributed by atoms with Gasteiger partial charge < -0.3 is 26.0 Å². The van der Waals surface area contributed by atoms with Gasteiger partial charge in [0.2, 0.25) is 16.9 Å². The van der Waals surface area contributed by atoms with Crippen molar-refractivity contribution in [3.63, 3.8) is 0 Å². The second-order valence-corrected chi connectivity index (χ2v) is 7.92. The normalized spacial score (nSPS) is 27.7. The molecule has 0 aliphatic carbocycles. The van der Waals surface area contributed by atoms with E-state index < -0.39 is 52.6 Å². The van der Waals surface area contributed by atoms with Gasteiger partial charge in [0, 0.05) is 12.7 Å². The molecular weight excluding hydrogens is 364 g/mol. The van der Waals surface area contributed by atoms with Crippen LogP contribution in [0.3, 0.4) is 0 Å². The maximum absolute atomic E-state index is 12.8. The summed E-state index contributed by atoms with van der Waals surface area (Å²) < 4.78 is 0. The lowest BCUT2D eigenvalue weighted by molar-refractivity contribution is -0.140. The van der Waals surface area contributed by atoms with E-state index in [1.807, 2.05) is 13.8 Å². The monoisotopic (exact) mass is 390 g/mol. The number of aliphatic hydroxyl groups excluding tert-OH is 2. The van der Waals surface area contributed by atoms with Crippen LogP contribution in [0.25, 0.3) is 0 Å². The summed E-state index contributed by atoms with van der Waals surface area (Å²) in [5.74, 6) is -3.66. The Morgan fingerprint density at radius 1 is 1.35 bits per heavy atom. The summed E-state index contributed by atoms with van der Waals surface area (Å²) in [6.45, 7) is 6.23. The minimum Gasteiger partial charge on any atom is -0.480 e. The van der Waals surface area contributed by atoms with E-state index in [1.54, 1.807) is 0 Å². The molecule has 0 unspecified atom stereocenters. The molecule has 1 aliphatic heterocycles. The number of carboxylic acids is 1. The Balaban J connectivity index is 3.04. The van der Waals surface area contributed by atoms with Gasteiger partial charge in [0.1, 0.15) is 6.04 Å². The number of carbonyl (C=O) groups excluding carboxylic acids is 3. The highest BCUT2D eigenvalue weighted by atomic mass is 32.2. The number of hydrogen-bond donors (Lipinski definition) is 5. The molecule has 5 N–H and O–H groups in total. The molecule has 1 saturated heterocycles. The number of rotatable bonds is 8. The van der Waals surface area contributed by atoms with E-state index in [1.165, 1.54) is 6.92 Å². The van der Waals surface area contributed by atoms with Crippen LogP contribution in [-0.2, 0) is 19.2 Å². The average Bonchev–Trinajstić information content (AvgIpc) is 2.75. The molecule has 5 atom stereocenters. The lowest BCUT2D eigenvalue weighted by atomic mass is 9.82. The van der Waals surface area contributed by atoms with E-state index in [4.69, 9.17) is 5.11 Å². The molecule has 2 amide bonds. The summed E-state index contributed by atoms with van der Waals surface area (Å²) in [7, 11) is 0. The average molecular weight is 390 g/mol. The minimum atomic E-state index is -1.91. The Morgan fingerprint density at radius 2 is 1.92 bits per heavy atom. The molecule has 1 rings (SSSR count). The summed E-state index contributed by atoms with van der Waals surface area (Å²) in [6, 6.07) is -1.31. The maximum atomic E-state index is 12.8. The second kappa shape index (κ2) is 8.83. The van der Waals surface area contributed by atoms with Crippen molar-refractivity contribution in [1.82, 2.24) is 10.6 Å². The number of aliphatic carboxylic acids is 1. The molecule has 0 radical (unpaired) electrons. The predicted octanol–water partition coefficient (Wildman–Crippen LogP) is -0.892. The van der Waals surface area contributed by atoms with Crippen LogP contribution in [0.4, 0.5) is 0 Å². The van der Waals surface area contributed by atoms with E-state index in [-0.39, 0.29) is 18.1 Å². The molecule has 26 heavy (non-hydrogen) atoms. The molecule has 148 valence electrons. The van der Waals surface area contributed by atoms with Gasteiger partial charge in [-0.1, -0.05) is 32.5 Å². The molecule has 0 aromatic heterocycles. The maximum Gasteiger partial charge on any atom is 0.327 e. The van der Waals surface area contributed by atoms with Gasteiger partial charge >= 0.3 is 5.97 Å². The molecule has 0 bridgehead atoms. The van der Waals surface area contributed by atoms with E-state index in [0.29, 0.717) is 11.8 Å². The first kappa shape index (κ1) is 22.4. The Hall–Kier alpha value is -1.65. The Bertz CT molecular complexity index is 583. The summed E-state index contributed by atoms with van der Waals surface area (Å²) >= 11 is 0.545. The van der Waals surface area contributed by atoms with Crippen LogP contribution in [-0.4, -0.2) is 67.8 Å². The van der Waals surface area contributed by atoms with E-state index >= 15 is 0 Å². The third kappa shape index (κ3) is 4.74. The number of carbonyl (C=O) groups is 4. The highest BCUT2D eigenvalue weighted by Crippen LogP contribution is 2.35. The Kier molecular flexibility index (Phi) is 7.60. The van der Waals surface area contributed by atoms with Crippen molar-refractivity contribution < 1.29 is 34.5 Å². The van der Waals surface area contributed by atoms with Crippen LogP contribution in [0.15, 0.2) is 0 Å². The quantitative estimate of drug-likeness (QED) is 0.358. The van der Waals surface area contributed by atoms with E-state index in [0.717, 1.165) is 6.92 Å². The van der Waals surface area contributed by atoms with Crippen LogP contribution in [0.5, 0.6) is 0 Å². The van der Waals surface area contributed by atoms with Crippen molar-refractivity contribution >= 4 is 34.7 Å². The number of amides is 2. The molecule has 10 heteroatoms. The van der Waals surface area contributed by atoms with Crippen molar-refractivity contribution in [3.05, 3.63) is 0 Å². The van der Waals surface area contributed by atoms with Crippen LogP contribution in [0.2, 0.25) is 0 Å². The summed E-state index contributed by atoms with van der Waals surface area (Å²) in [5.41, 5.74) is -1.91. The van der Waals surface area contributed by atoms with Crippen molar-refractivity contribution in [1.29, 1.82) is 0 Å². The molecule has 0 spiro atoms. The number of carboxylic acid groups (broad SMARTS) is 1. The lowest BCUT2D eigenvalue weighted by Gasteiger charge is -2.36. The lowest BCUT2D eigenvalue weighted by Crippen LogP contribution is -2.63. The largest absolute Gasteiger partial charge is 0.480 e. The Morgan fingerprint density at radius 3 is 2.31 bits per heavy atom. The van der Waals surface area contributed by atoms with Gasteiger partial charge in [0.15, 0.2) is 5.54 Å². The van der Waals surface area contributed by atoms with Crippen LogP contribution < -0.4 is 10.6 Å². The van der Waals surface area contributed by atoms with Gasteiger partial charge in [-0.15, -0.1) is 0 Å². The van der Waals surface area contributed by atoms with Gasteiger partial charge in [-0.25, -0.2) is 4.79 Å². The third-order valence-corrected chi connectivity index (χ3v) is 5.40. The summed E-state index contributed by atoms with van der Waals surface area (Å²) in [5, 5.41) is 34.1. The summed E-state index contributed by atoms with van der Waals surface area (Å²) in [6.07, 6.45) is -2.63. The molecule has 1 heterocycles. The molecule has 0 aromatic carbocycles. The van der Waals surface area contributed by atoms with Crippen LogP contribution in [0.1, 0.15) is 34.1 Å². The second-order valence-electron chi connectivity index (χ2n) is 6.93. The smallest absolute Gasteiger partial charge is 0.327 e. The molecule has 0 saturated carbocycles. The van der Waals surface area contributed by atoms with Crippen molar-refractivity contribution in [2.75, 3.05) is 5.75 Å². The number of nitrogens with one attached hydrogen (secondary N) is 2. The standard InChI is InChI=1S/C16H26N2O7S/c1-7(2)5-11(20)16(12(21)8(3)13(22)18-16)15(25)26-6-10(14(23)24)17-9(4)19/h7-8,10-12,20-21H,5-6H2,1-4H3,(H,17,19)(H,18,22)(H,23,24)/t8-,10+,11+,12+,16-/m1/s1. The van der Waals surface area contributed by atoms with E-state index in [2.05, 4.69) is 10.6 Å². The predicted molar refractivity (Wildman–Crippen MR) is 94.2 cm³/mol. The molecular formula is C16H26N2O7S. The van der Waals surface area contributed by atoms with Crippen molar-refractivity contribution in [2.45, 2.75) is 57.9 Å². The zero-order valence-corrected chi connectivity index (χ0v) is 16.0. The van der Waals surface area contributed by atoms with Crippen LogP contribution >= 0.6 is 11.8 Å². The molecule has 1 aliphatic rings. The highest BCUT2D eigenvalue weighted by molar-refractivity contribution is 8.13. The first-order chi connectivity index (χ1) is 11.9. The van der Waals surface area contributed by atoms with Gasteiger partial charge in [-0.3, -0.25) is 14.4 Å². The van der Waals surface area contributed by atoms with Crippen LogP contribution in [0, 0.1) is 11.8 Å². The zero-order chi connectivity index (χ0) is 20.2. The fraction of sp³-hybridized carbons (Fsp3) is 0.750. The van der Waals surface area contributed by atoms with Gasteiger partial charge in [0.05, 0.1) is 18.1 Å². The van der Waals surface area contributed by atoms with Gasteiger partial charge in [0.25, 0.3) is 0 Å². The van der Waals surface area contributed by atoms with Gasteiger partial charge in [-0.05, 0) is 12.3 Å². The fourth-order valence-corrected chi connectivity index (χ4v) is 3.94. The van der Waals surface area contributed by atoms with Gasteiger partial charge in [-0.2, -0.15) is 0 Å². The number of thioether (sulfide) groups is 1. The summed E-state index contributed by atoms with van der Waals surface area (Å²) in [4.78, 5) is 47.1. The first-order valence-corrected chi connectivity index (χ1v) is 9.27. The third-order valence-electron chi connectivity index (χ3n) is 4.30. The number of aliphatic hydroxyl groups is 2. The Labute approximate surface area is 155 Å². The first-order valence-electron chi connectivity index (χ1n) is 8.28. The topological polar surface area (TPSA) is 153 Å². The molecule has 9 nitrogen and oxygen atoms in total. The van der Waals surface area contributed by atoms with Crippen molar-refractivity contribution in [3.8, 4) is 0 Å². The molecule has 0 aromatic rings. The minimum absolute atomic E-state index is 0.00849. The fourth-order valence-electron chi connectivity index (χ4n) is 2.85. The van der Waals surface area contributed by atoms with E-state index in [9.17, 15) is 29.4 Å². The zero-order valence-electron chi connectivity index (χ0n) is 15.2. The van der Waals surface area contributed by atoms with Crippen molar-refractivity contribution in [2.24, 2.45) is 11.8 Å². The highest BCUT2D eigenvalue weighted by Gasteiger charge is 2.59. The molecule has 1 fully saturated rings. The SMILES string of the molecule is CC(=O)N[C@@H](CSC(=O)[C@]1([C@@H](O)CC(C)C)NC(=O)[C@H](C)[C@@H]1O)C(=O)O. The number of hydrogen-bond acceptors (Lipinski definition) is 7.